The van der Waals surface area contributed by atoms with E-state index in [-0.39, 0.29) is 23.3 Å². The summed E-state index contributed by atoms with van der Waals surface area (Å²) < 4.78 is 66.6. The van der Waals surface area contributed by atoms with E-state index in [1.54, 1.807) is 6.07 Å². The van der Waals surface area contributed by atoms with Crippen LogP contribution >= 0.6 is 0 Å². The van der Waals surface area contributed by atoms with Crippen molar-refractivity contribution in [3.05, 3.63) is 58.7 Å². The summed E-state index contributed by atoms with van der Waals surface area (Å²) in [6, 6.07) is 7.57. The molecule has 1 aliphatic heterocycles. The van der Waals surface area contributed by atoms with Gasteiger partial charge in [0.25, 0.3) is 5.91 Å². The Morgan fingerprint density at radius 3 is 2.50 bits per heavy atom. The summed E-state index contributed by atoms with van der Waals surface area (Å²) in [5.74, 6) is -1.38. The summed E-state index contributed by atoms with van der Waals surface area (Å²) in [6.07, 6.45) is 4.32. The van der Waals surface area contributed by atoms with Crippen molar-refractivity contribution in [2.45, 2.75) is 62.3 Å². The molecule has 2 saturated carbocycles. The summed E-state index contributed by atoms with van der Waals surface area (Å²) in [5, 5.41) is -0.571. The molecule has 1 heterocycles. The molecule has 194 valence electrons. The zero-order valence-electron chi connectivity index (χ0n) is 20.1. The van der Waals surface area contributed by atoms with E-state index < -0.39 is 32.8 Å². The maximum Gasteiger partial charge on any atom is 0.267 e. The third kappa shape index (κ3) is 5.64. The third-order valence-corrected chi connectivity index (χ3v) is 8.76. The monoisotopic (exact) mass is 520 g/mol. The van der Waals surface area contributed by atoms with Crippen molar-refractivity contribution < 1.29 is 31.5 Å². The van der Waals surface area contributed by atoms with Crippen LogP contribution in [0.2, 0.25) is 0 Å². The summed E-state index contributed by atoms with van der Waals surface area (Å²) in [6.45, 7) is 1.99. The molecule has 0 radical (unpaired) electrons. The Labute approximate surface area is 209 Å². The van der Waals surface area contributed by atoms with E-state index in [1.165, 1.54) is 25.3 Å². The van der Waals surface area contributed by atoms with E-state index in [0.29, 0.717) is 31.7 Å². The Balaban J connectivity index is 1.28. The fourth-order valence-corrected chi connectivity index (χ4v) is 6.00. The summed E-state index contributed by atoms with van der Waals surface area (Å²) in [7, 11) is -2.34. The maximum absolute atomic E-state index is 15.0. The van der Waals surface area contributed by atoms with Crippen LogP contribution in [0.15, 0.2) is 30.3 Å². The van der Waals surface area contributed by atoms with Crippen molar-refractivity contribution in [3.63, 3.8) is 0 Å². The first-order valence-electron chi connectivity index (χ1n) is 12.3. The number of methoxy groups -OCH3 is 1. The van der Waals surface area contributed by atoms with Gasteiger partial charge in [0, 0.05) is 19.2 Å². The molecule has 36 heavy (non-hydrogen) atoms. The number of benzene rings is 2. The molecule has 0 spiro atoms. The van der Waals surface area contributed by atoms with E-state index in [4.69, 9.17) is 9.47 Å². The van der Waals surface area contributed by atoms with Gasteiger partial charge < -0.3 is 9.47 Å². The Kier molecular flexibility index (Phi) is 6.91. The van der Waals surface area contributed by atoms with Gasteiger partial charge in [-0.3, -0.25) is 9.69 Å². The first-order chi connectivity index (χ1) is 17.2. The number of carbonyl (C=O) groups excluding carboxylic acids is 1. The predicted octanol–water partition coefficient (Wildman–Crippen LogP) is 4.12. The fourth-order valence-electron chi connectivity index (χ4n) is 4.71. The molecule has 10 heteroatoms. The molecule has 1 N–H and O–H groups in total. The molecule has 0 bridgehead atoms. The lowest BCUT2D eigenvalue weighted by atomic mass is 10.0. The minimum Gasteiger partial charge on any atom is -0.494 e. The van der Waals surface area contributed by atoms with Crippen molar-refractivity contribution in [1.82, 2.24) is 9.62 Å². The van der Waals surface area contributed by atoms with Crippen molar-refractivity contribution in [3.8, 4) is 11.5 Å². The molecule has 2 aliphatic carbocycles. The predicted molar refractivity (Wildman–Crippen MR) is 130 cm³/mol. The third-order valence-electron chi connectivity index (χ3n) is 6.94. The Hall–Kier alpha value is -2.72. The number of carbonyl (C=O) groups is 1. The molecule has 7 nitrogen and oxygen atoms in total. The van der Waals surface area contributed by atoms with Crippen LogP contribution in [0, 0.1) is 11.6 Å². The SMILES string of the molecule is COc1ccc(CN2CCCC(Oc3cc(F)c(C(=O)NS(=O)(=O)C4CC4)cc3C3CC3)C2)cc1F. The highest BCUT2D eigenvalue weighted by molar-refractivity contribution is 7.91. The fraction of sp³-hybridized carbons (Fsp3) is 0.500. The van der Waals surface area contributed by atoms with Gasteiger partial charge in [-0.25, -0.2) is 21.9 Å². The van der Waals surface area contributed by atoms with Crippen LogP contribution in [0.1, 0.15) is 65.9 Å². The molecule has 5 rings (SSSR count). The number of halogens is 2. The summed E-state index contributed by atoms with van der Waals surface area (Å²) in [4.78, 5) is 14.8. The largest absolute Gasteiger partial charge is 0.494 e. The Morgan fingerprint density at radius 1 is 1.06 bits per heavy atom. The molecule has 1 atom stereocenters. The van der Waals surface area contributed by atoms with Crippen LogP contribution in [-0.2, 0) is 16.6 Å². The number of rotatable bonds is 9. The van der Waals surface area contributed by atoms with Gasteiger partial charge in [0.05, 0.1) is 17.9 Å². The molecule has 1 saturated heterocycles. The second-order valence-corrected chi connectivity index (χ2v) is 11.9. The van der Waals surface area contributed by atoms with E-state index in [9.17, 15) is 22.0 Å². The lowest BCUT2D eigenvalue weighted by Crippen LogP contribution is -2.40. The number of hydrogen-bond acceptors (Lipinski definition) is 6. The van der Waals surface area contributed by atoms with Crippen LogP contribution in [0.3, 0.4) is 0 Å². The van der Waals surface area contributed by atoms with Gasteiger partial charge >= 0.3 is 0 Å². The zero-order chi connectivity index (χ0) is 25.4. The lowest BCUT2D eigenvalue weighted by molar-refractivity contribution is 0.0832. The zero-order valence-corrected chi connectivity index (χ0v) is 21.0. The number of piperidine rings is 1. The molecular weight excluding hydrogens is 490 g/mol. The number of nitrogens with zero attached hydrogens (tertiary/aromatic N) is 1. The number of likely N-dealkylation sites (tertiary alicyclic amines) is 1. The first-order valence-corrected chi connectivity index (χ1v) is 13.9. The van der Waals surface area contributed by atoms with Crippen LogP contribution in [0.5, 0.6) is 11.5 Å². The van der Waals surface area contributed by atoms with Gasteiger partial charge in [-0.1, -0.05) is 6.07 Å². The summed E-state index contributed by atoms with van der Waals surface area (Å²) >= 11 is 0. The first kappa shape index (κ1) is 25.0. The number of ether oxygens (including phenoxy) is 2. The van der Waals surface area contributed by atoms with Crippen LogP contribution in [-0.4, -0.2) is 50.8 Å². The van der Waals surface area contributed by atoms with Crippen molar-refractivity contribution in [1.29, 1.82) is 0 Å². The van der Waals surface area contributed by atoms with Crippen LogP contribution in [0.25, 0.3) is 0 Å². The van der Waals surface area contributed by atoms with Crippen LogP contribution < -0.4 is 14.2 Å². The number of sulfonamides is 1. The van der Waals surface area contributed by atoms with E-state index in [2.05, 4.69) is 4.90 Å². The lowest BCUT2D eigenvalue weighted by Gasteiger charge is -2.33. The van der Waals surface area contributed by atoms with Gasteiger partial charge in [0.1, 0.15) is 17.7 Å². The molecule has 3 aliphatic rings. The minimum absolute atomic E-state index is 0.161. The number of hydrogen-bond donors (Lipinski definition) is 1. The molecular formula is C26H30F2N2O5S. The van der Waals surface area contributed by atoms with Crippen molar-refractivity contribution in [2.75, 3.05) is 20.2 Å². The average molecular weight is 521 g/mol. The Bertz CT molecular complexity index is 1260. The molecule has 0 aromatic heterocycles. The van der Waals surface area contributed by atoms with Gasteiger partial charge in [-0.05, 0) is 80.3 Å². The quantitative estimate of drug-likeness (QED) is 0.536. The van der Waals surface area contributed by atoms with Gasteiger partial charge in [-0.15, -0.1) is 0 Å². The molecule has 3 fully saturated rings. The van der Waals surface area contributed by atoms with Gasteiger partial charge in [0.2, 0.25) is 10.0 Å². The van der Waals surface area contributed by atoms with Gasteiger partial charge in [0.15, 0.2) is 11.6 Å². The normalized spacial score (nSPS) is 20.7. The van der Waals surface area contributed by atoms with E-state index in [0.717, 1.165) is 43.4 Å². The maximum atomic E-state index is 15.0. The highest BCUT2D eigenvalue weighted by Gasteiger charge is 2.38. The number of amides is 1. The topological polar surface area (TPSA) is 84.9 Å². The molecule has 1 unspecified atom stereocenters. The second kappa shape index (κ2) is 9.97. The smallest absolute Gasteiger partial charge is 0.267 e. The molecule has 2 aromatic carbocycles. The molecule has 1 amide bonds. The summed E-state index contributed by atoms with van der Waals surface area (Å²) in [5.41, 5.74) is 1.29. The minimum atomic E-state index is -3.77. The van der Waals surface area contributed by atoms with Gasteiger partial charge in [-0.2, -0.15) is 0 Å². The number of nitrogens with one attached hydrogen (secondary N) is 1. The highest BCUT2D eigenvalue weighted by Crippen LogP contribution is 2.45. The van der Waals surface area contributed by atoms with E-state index in [1.807, 2.05) is 10.8 Å². The second-order valence-electron chi connectivity index (χ2n) is 9.91. The van der Waals surface area contributed by atoms with E-state index >= 15 is 0 Å². The van der Waals surface area contributed by atoms with Crippen molar-refractivity contribution >= 4 is 15.9 Å². The highest BCUT2D eigenvalue weighted by atomic mass is 32.2. The standard InChI is InChI=1S/C26H30F2N2O5S/c1-34-24-9-4-16(11-23(24)28)14-30-10-2-3-18(15-30)35-25-13-22(27)21(12-20(25)17-5-6-17)26(31)29-36(32,33)19-7-8-19/h4,9,11-13,17-19H,2-3,5-8,10,14-15H2,1H3,(H,29,31). The Morgan fingerprint density at radius 2 is 1.83 bits per heavy atom. The molecule has 2 aromatic rings. The van der Waals surface area contributed by atoms with Crippen LogP contribution in [0.4, 0.5) is 8.78 Å². The average Bonchev–Trinajstić information content (AvgIpc) is 3.72. The van der Waals surface area contributed by atoms with Crippen molar-refractivity contribution in [2.24, 2.45) is 0 Å².